The van der Waals surface area contributed by atoms with Crippen molar-refractivity contribution < 1.29 is 4.74 Å². The number of hydrogen-bond acceptors (Lipinski definition) is 3. The van der Waals surface area contributed by atoms with Crippen molar-refractivity contribution in [1.82, 2.24) is 19.8 Å². The van der Waals surface area contributed by atoms with Gasteiger partial charge in [0.15, 0.2) is 5.11 Å². The maximum Gasteiger partial charge on any atom is 0.170 e. The highest BCUT2D eigenvalue weighted by atomic mass is 79.9. The monoisotopic (exact) mass is 484 g/mol. The number of halogens is 1. The number of ether oxygens (including phenoxy) is 1. The summed E-state index contributed by atoms with van der Waals surface area (Å²) in [6.45, 7) is 5.64. The maximum absolute atomic E-state index is 5.72. The Balaban J connectivity index is 1.83. The van der Waals surface area contributed by atoms with E-state index < -0.39 is 0 Å². The van der Waals surface area contributed by atoms with Gasteiger partial charge < -0.3 is 19.5 Å². The predicted octanol–water partition coefficient (Wildman–Crippen LogP) is 4.87. The van der Waals surface area contributed by atoms with Crippen LogP contribution in [0.15, 0.2) is 59.2 Å². The van der Waals surface area contributed by atoms with Gasteiger partial charge in [-0.1, -0.05) is 18.2 Å². The van der Waals surface area contributed by atoms with Crippen molar-refractivity contribution in [2.75, 3.05) is 20.3 Å². The summed E-state index contributed by atoms with van der Waals surface area (Å²) in [6.07, 6.45) is 1.83. The van der Waals surface area contributed by atoms with Crippen LogP contribution in [0.4, 0.5) is 0 Å². The molecule has 0 saturated carbocycles. The highest BCUT2D eigenvalue weighted by Gasteiger charge is 2.41. The molecule has 30 heavy (non-hydrogen) atoms. The minimum absolute atomic E-state index is 0.0243. The van der Waals surface area contributed by atoms with Crippen LogP contribution in [0.3, 0.4) is 0 Å². The third-order valence-corrected chi connectivity index (χ3v) is 6.64. The van der Waals surface area contributed by atoms with E-state index in [1.807, 2.05) is 24.4 Å². The van der Waals surface area contributed by atoms with Gasteiger partial charge >= 0.3 is 0 Å². The first-order valence-corrected chi connectivity index (χ1v) is 11.1. The largest absolute Gasteiger partial charge is 0.383 e. The molecule has 2 atom stereocenters. The van der Waals surface area contributed by atoms with Crippen LogP contribution < -0.4 is 5.32 Å². The van der Waals surface area contributed by atoms with Gasteiger partial charge in [0.05, 0.1) is 30.1 Å². The fourth-order valence-corrected chi connectivity index (χ4v) is 5.06. The number of methoxy groups -OCH3 is 1. The van der Waals surface area contributed by atoms with Crippen molar-refractivity contribution in [3.8, 4) is 5.69 Å². The van der Waals surface area contributed by atoms with E-state index in [1.54, 1.807) is 7.11 Å². The number of benzene rings is 1. The fourth-order valence-electron chi connectivity index (χ4n) is 4.27. The molecule has 1 saturated heterocycles. The summed E-state index contributed by atoms with van der Waals surface area (Å²) in [4.78, 5) is 6.85. The Bertz CT molecular complexity index is 1050. The number of aromatic nitrogens is 2. The van der Waals surface area contributed by atoms with E-state index in [0.717, 1.165) is 27.5 Å². The fraction of sp³-hybridized carbons (Fsp3) is 0.304. The zero-order valence-corrected chi connectivity index (χ0v) is 19.7. The van der Waals surface area contributed by atoms with Crippen LogP contribution in [0.1, 0.15) is 34.7 Å². The average molecular weight is 485 g/mol. The van der Waals surface area contributed by atoms with E-state index in [0.29, 0.717) is 6.61 Å². The lowest BCUT2D eigenvalue weighted by molar-refractivity contribution is 0.164. The highest BCUT2D eigenvalue weighted by Crippen LogP contribution is 2.41. The lowest BCUT2D eigenvalue weighted by Crippen LogP contribution is -2.32. The molecule has 4 rings (SSSR count). The molecule has 5 nitrogen and oxygen atoms in total. The van der Waals surface area contributed by atoms with Crippen molar-refractivity contribution in [1.29, 1.82) is 0 Å². The molecule has 0 bridgehead atoms. The summed E-state index contributed by atoms with van der Waals surface area (Å²) < 4.78 is 8.73. The van der Waals surface area contributed by atoms with Gasteiger partial charge in [-0.15, -0.1) is 0 Å². The summed E-state index contributed by atoms with van der Waals surface area (Å²) >= 11 is 9.43. The Morgan fingerprint density at radius 3 is 2.63 bits per heavy atom. The summed E-state index contributed by atoms with van der Waals surface area (Å²) in [6, 6.07) is 16.6. The second-order valence-electron chi connectivity index (χ2n) is 7.43. The lowest BCUT2D eigenvalue weighted by atomic mass is 9.97. The molecular formula is C23H25BrN4OS. The smallest absolute Gasteiger partial charge is 0.170 e. The third kappa shape index (κ3) is 3.77. The Labute approximate surface area is 191 Å². The van der Waals surface area contributed by atoms with E-state index in [2.05, 4.69) is 79.9 Å². The quantitative estimate of drug-likeness (QED) is 0.505. The molecule has 1 aliphatic rings. The number of hydrogen-bond donors (Lipinski definition) is 1. The summed E-state index contributed by atoms with van der Waals surface area (Å²) in [5.41, 5.74) is 5.72. The van der Waals surface area contributed by atoms with E-state index in [1.165, 1.54) is 17.0 Å². The maximum atomic E-state index is 5.72. The van der Waals surface area contributed by atoms with Crippen LogP contribution in [0.2, 0.25) is 0 Å². The normalized spacial score (nSPS) is 18.7. The molecule has 156 valence electrons. The number of thiocarbonyl (C=S) groups is 1. The first-order chi connectivity index (χ1) is 14.5. The summed E-state index contributed by atoms with van der Waals surface area (Å²) in [5.74, 6) is 0. The molecule has 3 heterocycles. The van der Waals surface area contributed by atoms with Crippen molar-refractivity contribution in [2.24, 2.45) is 0 Å². The van der Waals surface area contributed by atoms with Crippen LogP contribution >= 0.6 is 28.1 Å². The molecule has 0 unspecified atom stereocenters. The summed E-state index contributed by atoms with van der Waals surface area (Å²) in [5, 5.41) is 4.24. The highest BCUT2D eigenvalue weighted by molar-refractivity contribution is 9.10. The van der Waals surface area contributed by atoms with Crippen molar-refractivity contribution >= 4 is 33.3 Å². The second kappa shape index (κ2) is 8.88. The van der Waals surface area contributed by atoms with E-state index in [4.69, 9.17) is 17.0 Å². The number of nitrogens with one attached hydrogen (secondary N) is 1. The zero-order chi connectivity index (χ0) is 21.3. The van der Waals surface area contributed by atoms with Crippen molar-refractivity contribution in [3.63, 3.8) is 0 Å². The Kier molecular flexibility index (Phi) is 6.22. The number of nitrogens with zero attached hydrogens (tertiary/aromatic N) is 3. The predicted molar refractivity (Wildman–Crippen MR) is 127 cm³/mol. The number of pyridine rings is 1. The van der Waals surface area contributed by atoms with Gasteiger partial charge in [-0.2, -0.15) is 0 Å². The first-order valence-electron chi connectivity index (χ1n) is 9.93. The van der Waals surface area contributed by atoms with Gasteiger partial charge in [0.25, 0.3) is 0 Å². The molecular weight excluding hydrogens is 460 g/mol. The van der Waals surface area contributed by atoms with Crippen LogP contribution in [-0.4, -0.2) is 39.8 Å². The topological polar surface area (TPSA) is 42.3 Å². The summed E-state index contributed by atoms with van der Waals surface area (Å²) in [7, 11) is 1.72. The molecule has 3 aromatic rings. The molecule has 0 spiro atoms. The first kappa shape index (κ1) is 21.0. The van der Waals surface area contributed by atoms with E-state index >= 15 is 0 Å². The molecule has 1 aromatic carbocycles. The average Bonchev–Trinajstić information content (AvgIpc) is 3.23. The minimum atomic E-state index is -0.0243. The molecule has 1 fully saturated rings. The molecule has 1 aliphatic heterocycles. The van der Waals surface area contributed by atoms with Gasteiger partial charge in [-0.05, 0) is 77.9 Å². The Morgan fingerprint density at radius 2 is 1.93 bits per heavy atom. The van der Waals surface area contributed by atoms with Crippen LogP contribution in [0, 0.1) is 13.8 Å². The van der Waals surface area contributed by atoms with Gasteiger partial charge in [0, 0.05) is 35.7 Å². The Hall–Kier alpha value is -2.22. The molecule has 7 heteroatoms. The molecule has 1 N–H and O–H groups in total. The lowest BCUT2D eigenvalue weighted by Gasteiger charge is -2.28. The van der Waals surface area contributed by atoms with E-state index in [9.17, 15) is 0 Å². The molecule has 0 amide bonds. The molecule has 2 aromatic heterocycles. The van der Waals surface area contributed by atoms with Gasteiger partial charge in [0.1, 0.15) is 0 Å². The Morgan fingerprint density at radius 1 is 1.17 bits per heavy atom. The van der Waals surface area contributed by atoms with Crippen LogP contribution in [-0.2, 0) is 4.74 Å². The van der Waals surface area contributed by atoms with E-state index in [-0.39, 0.29) is 12.1 Å². The van der Waals surface area contributed by atoms with Gasteiger partial charge in [-0.25, -0.2) is 0 Å². The van der Waals surface area contributed by atoms with Crippen LogP contribution in [0.5, 0.6) is 0 Å². The minimum Gasteiger partial charge on any atom is -0.383 e. The third-order valence-electron chi connectivity index (χ3n) is 5.62. The second-order valence-corrected chi connectivity index (χ2v) is 8.67. The van der Waals surface area contributed by atoms with Crippen LogP contribution in [0.25, 0.3) is 5.69 Å². The van der Waals surface area contributed by atoms with Gasteiger partial charge in [-0.3, -0.25) is 4.98 Å². The van der Waals surface area contributed by atoms with Crippen molar-refractivity contribution in [2.45, 2.75) is 25.9 Å². The SMILES string of the molecule is COCCN1C(=S)N[C@@H](c2ccccn2)[C@@H]1c1cc(C)n(-c2ccccc2Br)c1C. The molecule has 0 radical (unpaired) electrons. The number of aryl methyl sites for hydroxylation is 1. The van der Waals surface area contributed by atoms with Gasteiger partial charge in [0.2, 0.25) is 0 Å². The number of para-hydroxylation sites is 1. The van der Waals surface area contributed by atoms with Crippen molar-refractivity contribution in [3.05, 3.63) is 81.8 Å². The zero-order valence-electron chi connectivity index (χ0n) is 17.3. The number of rotatable bonds is 6. The standard InChI is InChI=1S/C23H25BrN4OS/c1-15-14-17(16(2)28(15)20-10-5-4-8-18(20)24)22-21(19-9-6-7-11-25-19)26-23(30)27(22)12-13-29-3/h4-11,14,21-22H,12-13H2,1-3H3,(H,26,30)/t21-,22-/m0/s1. The molecule has 0 aliphatic carbocycles.